The van der Waals surface area contributed by atoms with Gasteiger partial charge in [-0.15, -0.1) is 0 Å². The second-order valence-electron chi connectivity index (χ2n) is 9.34. The highest BCUT2D eigenvalue weighted by Crippen LogP contribution is 2.21. The largest absolute Gasteiger partial charge is 0.287 e. The number of hydrogen-bond acceptors (Lipinski definition) is 8. The number of benzene rings is 2. The van der Waals surface area contributed by atoms with E-state index in [4.69, 9.17) is 14.7 Å². The van der Waals surface area contributed by atoms with E-state index < -0.39 is 0 Å². The fraction of sp³-hybridized carbons (Fsp3) is 0.152. The molecule has 0 atom stereocenters. The van der Waals surface area contributed by atoms with E-state index in [0.717, 1.165) is 38.2 Å². The SMILES string of the molecule is COOCc1cc2ccccc2c(=O)c2ncc(C)cc12.COOCc1cc2ccccc2c(=O)c2ncccc12. The molecule has 41 heavy (non-hydrogen) atoms. The molecule has 0 spiro atoms. The Morgan fingerprint density at radius 1 is 0.610 bits per heavy atom. The van der Waals surface area contributed by atoms with Crippen molar-refractivity contribution >= 4 is 43.4 Å². The van der Waals surface area contributed by atoms with Crippen molar-refractivity contribution < 1.29 is 19.6 Å². The molecule has 2 heterocycles. The zero-order valence-electron chi connectivity index (χ0n) is 22.9. The van der Waals surface area contributed by atoms with Crippen LogP contribution >= 0.6 is 0 Å². The van der Waals surface area contributed by atoms with Gasteiger partial charge in [-0.3, -0.25) is 19.6 Å². The highest BCUT2D eigenvalue weighted by molar-refractivity contribution is 5.94. The Kier molecular flexibility index (Phi) is 8.67. The fourth-order valence-corrected chi connectivity index (χ4v) is 4.77. The van der Waals surface area contributed by atoms with Gasteiger partial charge in [-0.25, -0.2) is 19.6 Å². The maximum Gasteiger partial charge on any atom is 0.212 e. The Hall–Kier alpha value is -4.60. The maximum absolute atomic E-state index is 12.7. The lowest BCUT2D eigenvalue weighted by atomic mass is 10.1. The second-order valence-corrected chi connectivity index (χ2v) is 9.34. The van der Waals surface area contributed by atoms with Crippen molar-refractivity contribution in [1.29, 1.82) is 0 Å². The first-order valence-corrected chi connectivity index (χ1v) is 12.9. The predicted molar refractivity (Wildman–Crippen MR) is 159 cm³/mol. The Morgan fingerprint density at radius 2 is 1.12 bits per heavy atom. The van der Waals surface area contributed by atoms with Gasteiger partial charge in [-0.2, -0.15) is 0 Å². The fourth-order valence-electron chi connectivity index (χ4n) is 4.77. The average Bonchev–Trinajstić information content (AvgIpc) is 3.20. The normalized spacial score (nSPS) is 11.1. The van der Waals surface area contributed by atoms with Crippen molar-refractivity contribution in [3.63, 3.8) is 0 Å². The van der Waals surface area contributed by atoms with Gasteiger partial charge >= 0.3 is 0 Å². The third-order valence-electron chi connectivity index (χ3n) is 6.69. The van der Waals surface area contributed by atoms with Crippen LogP contribution in [0.25, 0.3) is 43.4 Å². The van der Waals surface area contributed by atoms with Gasteiger partial charge in [0.25, 0.3) is 0 Å². The molecular weight excluding hydrogens is 520 g/mol. The van der Waals surface area contributed by atoms with Gasteiger partial charge in [0, 0.05) is 33.9 Å². The molecular formula is C33H28N2O6. The molecule has 8 nitrogen and oxygen atoms in total. The van der Waals surface area contributed by atoms with Crippen LogP contribution in [0.15, 0.2) is 101 Å². The van der Waals surface area contributed by atoms with E-state index in [1.807, 2.05) is 85.8 Å². The zero-order valence-corrected chi connectivity index (χ0v) is 22.9. The number of fused-ring (bicyclic) bond motifs is 4. The Balaban J connectivity index is 0.000000165. The van der Waals surface area contributed by atoms with E-state index in [1.165, 1.54) is 14.2 Å². The minimum atomic E-state index is -0.0696. The summed E-state index contributed by atoms with van der Waals surface area (Å²) in [6, 6.07) is 24.5. The monoisotopic (exact) mass is 548 g/mol. The first kappa shape index (κ1) is 27.9. The molecule has 0 aliphatic heterocycles. The Morgan fingerprint density at radius 3 is 1.71 bits per heavy atom. The summed E-state index contributed by atoms with van der Waals surface area (Å²) in [6.45, 7) is 2.47. The van der Waals surface area contributed by atoms with E-state index in [9.17, 15) is 9.59 Å². The molecule has 0 amide bonds. The van der Waals surface area contributed by atoms with E-state index >= 15 is 0 Å². The third-order valence-corrected chi connectivity index (χ3v) is 6.69. The summed E-state index contributed by atoms with van der Waals surface area (Å²) in [6.07, 6.45) is 3.33. The first-order chi connectivity index (χ1) is 20.0. The number of nitrogens with zero attached hydrogens (tertiary/aromatic N) is 2. The lowest BCUT2D eigenvalue weighted by Crippen LogP contribution is -2.01. The summed E-state index contributed by atoms with van der Waals surface area (Å²) in [5.74, 6) is 0. The first-order valence-electron chi connectivity index (χ1n) is 12.9. The third kappa shape index (κ3) is 5.96. The smallest absolute Gasteiger partial charge is 0.212 e. The van der Waals surface area contributed by atoms with Crippen molar-refractivity contribution in [3.05, 3.63) is 128 Å². The van der Waals surface area contributed by atoms with Crippen LogP contribution in [-0.2, 0) is 32.8 Å². The van der Waals surface area contributed by atoms with Crippen LogP contribution in [0.3, 0.4) is 0 Å². The van der Waals surface area contributed by atoms with Crippen LogP contribution in [0, 0.1) is 6.92 Å². The number of aromatic nitrogens is 2. The van der Waals surface area contributed by atoms with E-state index in [0.29, 0.717) is 21.8 Å². The van der Waals surface area contributed by atoms with Crippen LogP contribution in [0.1, 0.15) is 16.7 Å². The number of pyridine rings is 2. The van der Waals surface area contributed by atoms with Gasteiger partial charge in [-0.1, -0.05) is 54.6 Å². The van der Waals surface area contributed by atoms with Gasteiger partial charge in [0.15, 0.2) is 0 Å². The standard InChI is InChI=1S/C17H15NO3.C16H13NO3/c1-11-7-15-13(10-21-20-2)8-12-5-3-4-6-14(12)17(19)16(15)18-9-11;1-19-20-10-12-9-11-5-2-3-6-14(11)16(18)15-13(12)7-4-8-17-15/h3-9H,10H2,1-2H3;2-9H,10H2,1H3. The van der Waals surface area contributed by atoms with Crippen LogP contribution < -0.4 is 10.9 Å². The molecule has 0 aliphatic rings. The van der Waals surface area contributed by atoms with Gasteiger partial charge < -0.3 is 0 Å². The average molecular weight is 549 g/mol. The van der Waals surface area contributed by atoms with Gasteiger partial charge in [0.2, 0.25) is 10.9 Å². The molecule has 206 valence electrons. The molecule has 4 aromatic carbocycles. The van der Waals surface area contributed by atoms with Gasteiger partial charge in [-0.05, 0) is 58.7 Å². The van der Waals surface area contributed by atoms with Crippen molar-refractivity contribution in [3.8, 4) is 0 Å². The summed E-state index contributed by atoms with van der Waals surface area (Å²) in [4.78, 5) is 53.3. The molecule has 0 N–H and O–H groups in total. The topological polar surface area (TPSA) is 96.8 Å². The van der Waals surface area contributed by atoms with Crippen molar-refractivity contribution in [2.45, 2.75) is 20.1 Å². The van der Waals surface area contributed by atoms with Crippen molar-refractivity contribution in [2.75, 3.05) is 14.2 Å². The van der Waals surface area contributed by atoms with Crippen LogP contribution in [0.5, 0.6) is 0 Å². The van der Waals surface area contributed by atoms with Crippen LogP contribution in [-0.4, -0.2) is 24.2 Å². The van der Waals surface area contributed by atoms with E-state index in [1.54, 1.807) is 12.4 Å². The molecule has 2 aromatic heterocycles. The summed E-state index contributed by atoms with van der Waals surface area (Å²) in [5.41, 5.74) is 3.51. The molecule has 6 aromatic rings. The molecule has 0 saturated carbocycles. The van der Waals surface area contributed by atoms with Gasteiger partial charge in [0.05, 0.1) is 14.2 Å². The van der Waals surface area contributed by atoms with Crippen LogP contribution in [0.2, 0.25) is 0 Å². The minimum absolute atomic E-state index is 0.0655. The lowest BCUT2D eigenvalue weighted by Gasteiger charge is -2.02. The number of hydrogen-bond donors (Lipinski definition) is 0. The molecule has 0 aliphatic carbocycles. The molecule has 0 fully saturated rings. The molecule has 8 heteroatoms. The summed E-state index contributed by atoms with van der Waals surface area (Å²) >= 11 is 0. The Bertz CT molecular complexity index is 1990. The summed E-state index contributed by atoms with van der Waals surface area (Å²) < 4.78 is 0. The summed E-state index contributed by atoms with van der Waals surface area (Å²) in [5, 5.41) is 4.62. The van der Waals surface area contributed by atoms with Crippen LogP contribution in [0.4, 0.5) is 0 Å². The maximum atomic E-state index is 12.7. The molecule has 0 unspecified atom stereocenters. The zero-order chi connectivity index (χ0) is 28.8. The molecule has 6 rings (SSSR count). The molecule has 0 bridgehead atoms. The van der Waals surface area contributed by atoms with Gasteiger partial charge in [0.1, 0.15) is 24.2 Å². The molecule has 0 saturated heterocycles. The van der Waals surface area contributed by atoms with Crippen molar-refractivity contribution in [1.82, 2.24) is 9.97 Å². The van der Waals surface area contributed by atoms with E-state index in [2.05, 4.69) is 14.9 Å². The number of rotatable bonds is 6. The highest BCUT2D eigenvalue weighted by Gasteiger charge is 2.10. The second kappa shape index (κ2) is 12.7. The lowest BCUT2D eigenvalue weighted by molar-refractivity contribution is -0.281. The summed E-state index contributed by atoms with van der Waals surface area (Å²) in [7, 11) is 2.92. The minimum Gasteiger partial charge on any atom is -0.287 e. The van der Waals surface area contributed by atoms with E-state index in [-0.39, 0.29) is 24.1 Å². The predicted octanol–water partition coefficient (Wildman–Crippen LogP) is 5.96. The number of aryl methyl sites for hydroxylation is 1. The quantitative estimate of drug-likeness (QED) is 0.186. The molecule has 0 radical (unpaired) electrons. The van der Waals surface area contributed by atoms with Crippen molar-refractivity contribution in [2.24, 2.45) is 0 Å². The highest BCUT2D eigenvalue weighted by atomic mass is 17.2. The Labute approximate surface area is 235 Å².